The molecule has 1 saturated heterocycles. The highest BCUT2D eigenvalue weighted by molar-refractivity contribution is 5.77. The second-order valence-electron chi connectivity index (χ2n) is 5.47. The number of nitrogens with zero attached hydrogens (tertiary/aromatic N) is 1. The van der Waals surface area contributed by atoms with E-state index in [2.05, 4.69) is 24.0 Å². The third-order valence-electron chi connectivity index (χ3n) is 4.07. The maximum absolute atomic E-state index is 11.9. The lowest BCUT2D eigenvalue weighted by molar-refractivity contribution is -0.152. The van der Waals surface area contributed by atoms with Crippen molar-refractivity contribution in [3.63, 3.8) is 0 Å². The minimum atomic E-state index is -0.371. The Morgan fingerprint density at radius 1 is 1.44 bits per heavy atom. The molecule has 1 aliphatic rings. The van der Waals surface area contributed by atoms with E-state index in [0.717, 1.165) is 19.6 Å². The first-order chi connectivity index (χ1) is 8.56. The van der Waals surface area contributed by atoms with Crippen LogP contribution in [0.1, 0.15) is 19.4 Å². The molecule has 0 aromatic heterocycles. The first kappa shape index (κ1) is 13.1. The highest BCUT2D eigenvalue weighted by Gasteiger charge is 2.46. The summed E-state index contributed by atoms with van der Waals surface area (Å²) >= 11 is 0. The van der Waals surface area contributed by atoms with E-state index in [1.807, 2.05) is 25.1 Å². The van der Waals surface area contributed by atoms with Crippen molar-refractivity contribution in [2.45, 2.75) is 20.4 Å². The summed E-state index contributed by atoms with van der Waals surface area (Å²) < 4.78 is 4.94. The van der Waals surface area contributed by atoms with E-state index in [-0.39, 0.29) is 11.4 Å². The molecule has 2 rings (SSSR count). The van der Waals surface area contributed by atoms with Gasteiger partial charge in [0.05, 0.1) is 12.5 Å². The van der Waals surface area contributed by atoms with Crippen LogP contribution in [0.3, 0.4) is 0 Å². The molecule has 1 fully saturated rings. The van der Waals surface area contributed by atoms with Gasteiger partial charge in [-0.3, -0.25) is 9.69 Å². The van der Waals surface area contributed by atoms with E-state index in [4.69, 9.17) is 4.74 Å². The van der Waals surface area contributed by atoms with Gasteiger partial charge >= 0.3 is 5.97 Å². The Hall–Kier alpha value is -1.35. The molecule has 3 heteroatoms. The summed E-state index contributed by atoms with van der Waals surface area (Å²) in [6.45, 7) is 6.75. The van der Waals surface area contributed by atoms with Crippen LogP contribution in [0.4, 0.5) is 0 Å². The highest BCUT2D eigenvalue weighted by Crippen LogP contribution is 2.37. The van der Waals surface area contributed by atoms with E-state index in [9.17, 15) is 4.79 Å². The predicted molar refractivity (Wildman–Crippen MR) is 71.0 cm³/mol. The van der Waals surface area contributed by atoms with Crippen molar-refractivity contribution in [2.75, 3.05) is 20.2 Å². The Bertz CT molecular complexity index is 418. The van der Waals surface area contributed by atoms with Gasteiger partial charge in [0.25, 0.3) is 0 Å². The van der Waals surface area contributed by atoms with Crippen molar-refractivity contribution in [2.24, 2.45) is 11.3 Å². The van der Waals surface area contributed by atoms with Crippen LogP contribution < -0.4 is 0 Å². The summed E-state index contributed by atoms with van der Waals surface area (Å²) in [5.41, 5.74) is 0.919. The van der Waals surface area contributed by atoms with E-state index in [0.29, 0.717) is 5.92 Å². The molecule has 18 heavy (non-hydrogen) atoms. The fraction of sp³-hybridized carbons (Fsp3) is 0.533. The minimum absolute atomic E-state index is 0.0921. The van der Waals surface area contributed by atoms with Crippen molar-refractivity contribution in [1.82, 2.24) is 4.90 Å². The van der Waals surface area contributed by atoms with Crippen LogP contribution in [0.5, 0.6) is 0 Å². The van der Waals surface area contributed by atoms with Crippen molar-refractivity contribution in [3.8, 4) is 0 Å². The van der Waals surface area contributed by atoms with Crippen LogP contribution in [0.15, 0.2) is 30.3 Å². The SMILES string of the molecule is COC(=O)C1(C)CN(Cc2ccccc2)CC1C. The molecule has 0 saturated carbocycles. The number of likely N-dealkylation sites (tertiary alicyclic amines) is 1. The summed E-state index contributed by atoms with van der Waals surface area (Å²) in [5, 5.41) is 0. The molecule has 0 spiro atoms. The molecule has 1 aromatic carbocycles. The van der Waals surface area contributed by atoms with E-state index in [1.165, 1.54) is 12.7 Å². The summed E-state index contributed by atoms with van der Waals surface area (Å²) in [7, 11) is 1.47. The first-order valence-corrected chi connectivity index (χ1v) is 6.41. The van der Waals surface area contributed by atoms with Gasteiger partial charge in [-0.2, -0.15) is 0 Å². The Morgan fingerprint density at radius 2 is 2.11 bits per heavy atom. The topological polar surface area (TPSA) is 29.5 Å². The molecule has 0 radical (unpaired) electrons. The maximum Gasteiger partial charge on any atom is 0.313 e. The number of carbonyl (C=O) groups is 1. The number of hydrogen-bond donors (Lipinski definition) is 0. The van der Waals surface area contributed by atoms with Crippen LogP contribution in [0, 0.1) is 11.3 Å². The molecular formula is C15H21NO2. The van der Waals surface area contributed by atoms with Gasteiger partial charge < -0.3 is 4.74 Å². The van der Waals surface area contributed by atoms with Crippen LogP contribution >= 0.6 is 0 Å². The summed E-state index contributed by atoms with van der Waals surface area (Å²) in [5.74, 6) is 0.235. The lowest BCUT2D eigenvalue weighted by atomic mass is 9.81. The van der Waals surface area contributed by atoms with Gasteiger partial charge in [-0.15, -0.1) is 0 Å². The standard InChI is InChI=1S/C15H21NO2/c1-12-9-16(10-13-7-5-4-6-8-13)11-15(12,2)14(17)18-3/h4-8,12H,9-11H2,1-3H3. The third kappa shape index (κ3) is 2.41. The normalized spacial score (nSPS) is 28.3. The van der Waals surface area contributed by atoms with Gasteiger partial charge in [0, 0.05) is 19.6 Å². The number of esters is 1. The number of ether oxygens (including phenoxy) is 1. The summed E-state index contributed by atoms with van der Waals surface area (Å²) in [6.07, 6.45) is 0. The second kappa shape index (κ2) is 5.11. The lowest BCUT2D eigenvalue weighted by Crippen LogP contribution is -2.36. The molecule has 0 amide bonds. The van der Waals surface area contributed by atoms with Gasteiger partial charge in [-0.1, -0.05) is 37.3 Å². The Labute approximate surface area is 109 Å². The molecule has 0 bridgehead atoms. The molecule has 3 nitrogen and oxygen atoms in total. The maximum atomic E-state index is 11.9. The predicted octanol–water partition coefficient (Wildman–Crippen LogP) is 2.32. The average Bonchev–Trinajstić information content (AvgIpc) is 2.66. The van der Waals surface area contributed by atoms with Crippen LogP contribution in [0.25, 0.3) is 0 Å². The average molecular weight is 247 g/mol. The number of benzene rings is 1. The second-order valence-corrected chi connectivity index (χ2v) is 5.47. The molecule has 2 atom stereocenters. The molecule has 1 heterocycles. The molecular weight excluding hydrogens is 226 g/mol. The smallest absolute Gasteiger partial charge is 0.313 e. The van der Waals surface area contributed by atoms with Crippen molar-refractivity contribution in [3.05, 3.63) is 35.9 Å². The van der Waals surface area contributed by atoms with Gasteiger partial charge in [0.1, 0.15) is 0 Å². The van der Waals surface area contributed by atoms with Gasteiger partial charge in [-0.25, -0.2) is 0 Å². The number of carbonyl (C=O) groups excluding carboxylic acids is 1. The zero-order valence-corrected chi connectivity index (χ0v) is 11.3. The zero-order valence-electron chi connectivity index (χ0n) is 11.3. The van der Waals surface area contributed by atoms with Crippen LogP contribution in [-0.4, -0.2) is 31.1 Å². The van der Waals surface area contributed by atoms with Crippen LogP contribution in [0.2, 0.25) is 0 Å². The monoisotopic (exact) mass is 247 g/mol. The van der Waals surface area contributed by atoms with Crippen molar-refractivity contribution < 1.29 is 9.53 Å². The molecule has 2 unspecified atom stereocenters. The fourth-order valence-corrected chi connectivity index (χ4v) is 2.73. The number of rotatable bonds is 3. The number of hydrogen-bond acceptors (Lipinski definition) is 3. The summed E-state index contributed by atoms with van der Waals surface area (Å²) in [6, 6.07) is 10.4. The molecule has 98 valence electrons. The highest BCUT2D eigenvalue weighted by atomic mass is 16.5. The Morgan fingerprint density at radius 3 is 2.72 bits per heavy atom. The third-order valence-corrected chi connectivity index (χ3v) is 4.07. The molecule has 1 aliphatic heterocycles. The first-order valence-electron chi connectivity index (χ1n) is 6.41. The van der Waals surface area contributed by atoms with Gasteiger partial charge in [0.2, 0.25) is 0 Å². The molecule has 0 N–H and O–H groups in total. The largest absolute Gasteiger partial charge is 0.469 e. The van der Waals surface area contributed by atoms with Crippen molar-refractivity contribution >= 4 is 5.97 Å². The molecule has 1 aromatic rings. The summed E-state index contributed by atoms with van der Waals surface area (Å²) in [4.78, 5) is 14.2. The minimum Gasteiger partial charge on any atom is -0.469 e. The number of methoxy groups -OCH3 is 1. The Balaban J connectivity index is 2.05. The van der Waals surface area contributed by atoms with Gasteiger partial charge in [0.15, 0.2) is 0 Å². The quantitative estimate of drug-likeness (QED) is 0.768. The Kier molecular flexibility index (Phi) is 3.71. The van der Waals surface area contributed by atoms with Crippen molar-refractivity contribution in [1.29, 1.82) is 0 Å². The zero-order chi connectivity index (χ0) is 13.2. The molecule has 0 aliphatic carbocycles. The van der Waals surface area contributed by atoms with E-state index in [1.54, 1.807) is 0 Å². The van der Waals surface area contributed by atoms with Gasteiger partial charge in [-0.05, 0) is 18.4 Å². The van der Waals surface area contributed by atoms with E-state index < -0.39 is 0 Å². The lowest BCUT2D eigenvalue weighted by Gasteiger charge is -2.25. The fourth-order valence-electron chi connectivity index (χ4n) is 2.73. The van der Waals surface area contributed by atoms with E-state index >= 15 is 0 Å². The van der Waals surface area contributed by atoms with Crippen LogP contribution in [-0.2, 0) is 16.1 Å².